The van der Waals surface area contributed by atoms with Gasteiger partial charge in [-0.2, -0.15) is 0 Å². The Morgan fingerprint density at radius 2 is 1.86 bits per heavy atom. The van der Waals surface area contributed by atoms with Gasteiger partial charge < -0.3 is 20.9 Å². The maximum absolute atomic E-state index is 11.8. The van der Waals surface area contributed by atoms with Crippen LogP contribution in [-0.4, -0.2) is 48.8 Å². The number of methoxy groups -OCH3 is 1. The van der Waals surface area contributed by atoms with E-state index in [-0.39, 0.29) is 11.7 Å². The lowest BCUT2D eigenvalue weighted by Gasteiger charge is -2.16. The zero-order chi connectivity index (χ0) is 25.2. The Bertz CT molecular complexity index is 1090. The molecule has 0 spiro atoms. The molecule has 0 radical (unpaired) electrons. The average Bonchev–Trinajstić information content (AvgIpc) is 3.34. The summed E-state index contributed by atoms with van der Waals surface area (Å²) in [5.41, 5.74) is 10.8. The Kier molecular flexibility index (Phi) is 9.68. The van der Waals surface area contributed by atoms with E-state index >= 15 is 0 Å². The highest BCUT2D eigenvalue weighted by Crippen LogP contribution is 2.24. The van der Waals surface area contributed by atoms with Crippen molar-refractivity contribution in [2.75, 3.05) is 26.7 Å². The zero-order valence-electron chi connectivity index (χ0n) is 20.6. The van der Waals surface area contributed by atoms with Gasteiger partial charge >= 0.3 is 0 Å². The second kappa shape index (κ2) is 12.9. The molecule has 3 rings (SSSR count). The van der Waals surface area contributed by atoms with Crippen molar-refractivity contribution in [3.05, 3.63) is 94.9 Å². The predicted molar refractivity (Wildman–Crippen MR) is 140 cm³/mol. The number of allylic oxidation sites excluding steroid dienone is 1. The van der Waals surface area contributed by atoms with Crippen molar-refractivity contribution in [2.45, 2.75) is 38.3 Å². The van der Waals surface area contributed by atoms with E-state index in [1.54, 1.807) is 14.0 Å². The molecule has 1 aliphatic rings. The number of ether oxygens (including phenoxy) is 1. The fourth-order valence-corrected chi connectivity index (χ4v) is 4.23. The molecule has 6 nitrogen and oxygen atoms in total. The van der Waals surface area contributed by atoms with E-state index in [0.29, 0.717) is 24.6 Å². The molecule has 184 valence electrons. The Labute approximate surface area is 208 Å². The minimum Gasteiger partial charge on any atom is -0.503 e. The number of nitrogens with zero attached hydrogens (tertiary/aromatic N) is 1. The molecule has 2 atom stereocenters. The van der Waals surface area contributed by atoms with Crippen LogP contribution in [0.2, 0.25) is 0 Å². The Balaban J connectivity index is 1.60. The lowest BCUT2D eigenvalue weighted by atomic mass is 9.91. The van der Waals surface area contributed by atoms with Crippen LogP contribution in [0.25, 0.3) is 0 Å². The zero-order valence-corrected chi connectivity index (χ0v) is 20.6. The Hall–Kier alpha value is -3.37. The minimum absolute atomic E-state index is 0.0157. The summed E-state index contributed by atoms with van der Waals surface area (Å²) in [6.45, 7) is 8.55. The van der Waals surface area contributed by atoms with E-state index in [1.165, 1.54) is 11.8 Å². The first kappa shape index (κ1) is 26.2. The molecule has 1 unspecified atom stereocenters. The average molecular weight is 474 g/mol. The third-order valence-electron chi connectivity index (χ3n) is 6.35. The fraction of sp³-hybridized carbons (Fsp3) is 0.345. The highest BCUT2D eigenvalue weighted by atomic mass is 16.5. The number of aliphatic hydroxyl groups is 1. The normalized spacial score (nSPS) is 17.2. The van der Waals surface area contributed by atoms with E-state index in [0.717, 1.165) is 42.7 Å². The first-order valence-corrected chi connectivity index (χ1v) is 11.9. The predicted octanol–water partition coefficient (Wildman–Crippen LogP) is 3.83. The molecule has 0 aliphatic carbocycles. The molecule has 0 aromatic heterocycles. The van der Waals surface area contributed by atoms with Crippen molar-refractivity contribution < 1.29 is 14.6 Å². The van der Waals surface area contributed by atoms with Crippen LogP contribution in [0.4, 0.5) is 0 Å². The van der Waals surface area contributed by atoms with E-state index < -0.39 is 5.91 Å². The largest absolute Gasteiger partial charge is 0.503 e. The smallest absolute Gasteiger partial charge is 0.289 e. The first-order chi connectivity index (χ1) is 16.9. The molecule has 6 heteroatoms. The highest BCUT2D eigenvalue weighted by Gasteiger charge is 2.21. The molecule has 1 fully saturated rings. The van der Waals surface area contributed by atoms with Crippen molar-refractivity contribution >= 4 is 5.91 Å². The van der Waals surface area contributed by atoms with E-state index in [9.17, 15) is 9.90 Å². The third kappa shape index (κ3) is 7.56. The van der Waals surface area contributed by atoms with Gasteiger partial charge in [0, 0.05) is 37.9 Å². The Morgan fingerprint density at radius 1 is 1.23 bits per heavy atom. The van der Waals surface area contributed by atoms with Gasteiger partial charge in [-0.3, -0.25) is 9.69 Å². The molecule has 1 amide bonds. The van der Waals surface area contributed by atoms with Crippen LogP contribution in [0.5, 0.6) is 0 Å². The molecule has 0 bridgehead atoms. The SMILES string of the molecule is C=CNC(=O)/C(O)=C(\C)CC(CN)c1ccc(C#Cc2ccc(CN3CC[C@H](OC)C3)cc2)cc1. The van der Waals surface area contributed by atoms with Gasteiger partial charge in [-0.25, -0.2) is 0 Å². The van der Waals surface area contributed by atoms with Crippen LogP contribution < -0.4 is 11.1 Å². The Morgan fingerprint density at radius 3 is 2.40 bits per heavy atom. The number of likely N-dealkylation sites (tertiary alicyclic amines) is 1. The molecule has 1 saturated heterocycles. The van der Waals surface area contributed by atoms with Gasteiger partial charge in [-0.05, 0) is 79.4 Å². The van der Waals surface area contributed by atoms with Gasteiger partial charge in [0.15, 0.2) is 5.76 Å². The highest BCUT2D eigenvalue weighted by molar-refractivity contribution is 5.92. The standard InChI is InChI=1S/C29H35N3O3/c1-4-31-29(34)28(33)21(2)17-26(18-30)25-13-11-23(12-14-25)6-5-22-7-9-24(10-8-22)19-32-16-15-27(20-32)35-3/h4,7-14,26-27,33H,1,15-20,30H2,2-3H3,(H,31,34)/b28-21-/t26?,27-/m0/s1. The summed E-state index contributed by atoms with van der Waals surface area (Å²) in [7, 11) is 1.78. The molecule has 4 N–H and O–H groups in total. The second-order valence-electron chi connectivity index (χ2n) is 8.89. The fourth-order valence-electron chi connectivity index (χ4n) is 4.23. The summed E-state index contributed by atoms with van der Waals surface area (Å²) in [5, 5.41) is 12.5. The van der Waals surface area contributed by atoms with E-state index in [4.69, 9.17) is 10.5 Å². The summed E-state index contributed by atoms with van der Waals surface area (Å²) < 4.78 is 5.45. The number of carbonyl (C=O) groups is 1. The lowest BCUT2D eigenvalue weighted by Crippen LogP contribution is -2.22. The molecular weight excluding hydrogens is 438 g/mol. The second-order valence-corrected chi connectivity index (χ2v) is 8.89. The molecule has 35 heavy (non-hydrogen) atoms. The van der Waals surface area contributed by atoms with E-state index in [2.05, 4.69) is 52.9 Å². The molecule has 2 aromatic rings. The number of amides is 1. The molecule has 1 heterocycles. The van der Waals surface area contributed by atoms with Crippen LogP contribution in [0, 0.1) is 11.8 Å². The number of aliphatic hydroxyl groups excluding tert-OH is 1. The van der Waals surface area contributed by atoms with Crippen LogP contribution in [0.1, 0.15) is 47.9 Å². The number of nitrogens with two attached hydrogens (primary N) is 1. The number of nitrogens with one attached hydrogen (secondary N) is 1. The van der Waals surface area contributed by atoms with Crippen molar-refractivity contribution in [1.29, 1.82) is 0 Å². The van der Waals surface area contributed by atoms with Gasteiger partial charge in [0.05, 0.1) is 6.10 Å². The topological polar surface area (TPSA) is 87.8 Å². The van der Waals surface area contributed by atoms with Gasteiger partial charge in [0.1, 0.15) is 0 Å². The quantitative estimate of drug-likeness (QED) is 0.293. The molecule has 2 aromatic carbocycles. The number of hydrogen-bond acceptors (Lipinski definition) is 5. The number of hydrogen-bond donors (Lipinski definition) is 3. The molecular formula is C29H35N3O3. The number of carbonyl (C=O) groups excluding carboxylic acids is 1. The molecule has 0 saturated carbocycles. The van der Waals surface area contributed by atoms with Gasteiger partial charge in [0.2, 0.25) is 0 Å². The van der Waals surface area contributed by atoms with Crippen LogP contribution in [0.15, 0.2) is 72.6 Å². The third-order valence-corrected chi connectivity index (χ3v) is 6.35. The summed E-state index contributed by atoms with van der Waals surface area (Å²) in [5.74, 6) is 5.57. The van der Waals surface area contributed by atoms with Crippen molar-refractivity contribution in [3.63, 3.8) is 0 Å². The minimum atomic E-state index is -0.567. The summed E-state index contributed by atoms with van der Waals surface area (Å²) in [6.07, 6.45) is 3.17. The molecule has 1 aliphatic heterocycles. The monoisotopic (exact) mass is 473 g/mol. The number of rotatable bonds is 9. The maximum atomic E-state index is 11.8. The van der Waals surface area contributed by atoms with Crippen LogP contribution in [-0.2, 0) is 16.1 Å². The summed E-state index contributed by atoms with van der Waals surface area (Å²) in [4.78, 5) is 14.2. The van der Waals surface area contributed by atoms with E-state index in [1.807, 2.05) is 24.3 Å². The lowest BCUT2D eigenvalue weighted by molar-refractivity contribution is -0.119. The van der Waals surface area contributed by atoms with Gasteiger partial charge in [-0.15, -0.1) is 0 Å². The summed E-state index contributed by atoms with van der Waals surface area (Å²) in [6, 6.07) is 16.4. The van der Waals surface area contributed by atoms with Crippen molar-refractivity contribution in [3.8, 4) is 11.8 Å². The van der Waals surface area contributed by atoms with Gasteiger partial charge in [-0.1, -0.05) is 42.7 Å². The van der Waals surface area contributed by atoms with Crippen molar-refractivity contribution in [1.82, 2.24) is 10.2 Å². The maximum Gasteiger partial charge on any atom is 0.289 e. The van der Waals surface area contributed by atoms with Crippen LogP contribution >= 0.6 is 0 Å². The first-order valence-electron chi connectivity index (χ1n) is 11.9. The van der Waals surface area contributed by atoms with Crippen molar-refractivity contribution in [2.24, 2.45) is 5.73 Å². The number of benzene rings is 2. The summed E-state index contributed by atoms with van der Waals surface area (Å²) >= 11 is 0. The van der Waals surface area contributed by atoms with Gasteiger partial charge in [0.25, 0.3) is 5.91 Å². The van der Waals surface area contributed by atoms with Crippen LogP contribution in [0.3, 0.4) is 0 Å².